The first-order chi connectivity index (χ1) is 9.90. The number of thiol groups is 2. The van der Waals surface area contributed by atoms with E-state index in [1.165, 1.54) is 25.7 Å². The van der Waals surface area contributed by atoms with Crippen LogP contribution in [0.3, 0.4) is 0 Å². The molecule has 126 valence electrons. The number of rotatable bonds is 5. The number of hydrogen-bond donors (Lipinski definition) is 6. The molecule has 4 N–H and O–H groups in total. The Hall–Kier alpha value is -0.480. The van der Waals surface area contributed by atoms with Gasteiger partial charge in [0.05, 0.1) is 36.9 Å². The second-order valence-electron chi connectivity index (χ2n) is 4.09. The van der Waals surface area contributed by atoms with E-state index >= 15 is 0 Å². The number of aliphatic hydroxyl groups excluding tert-OH is 2. The first-order valence-electron chi connectivity index (χ1n) is 6.43. The molecule has 2 aliphatic rings. The molecular weight excluding hydrogens is 320 g/mol. The van der Waals surface area contributed by atoms with Gasteiger partial charge in [0.1, 0.15) is 0 Å². The minimum atomic E-state index is -0.881. The van der Waals surface area contributed by atoms with E-state index in [-0.39, 0.29) is 24.7 Å². The van der Waals surface area contributed by atoms with Crippen LogP contribution < -0.4 is 0 Å². The van der Waals surface area contributed by atoms with Crippen molar-refractivity contribution in [2.45, 2.75) is 37.9 Å². The van der Waals surface area contributed by atoms with Gasteiger partial charge >= 0.3 is 11.9 Å². The number of aliphatic hydroxyl groups is 2. The number of carbonyl (C=O) groups is 2. The van der Waals surface area contributed by atoms with Crippen LogP contribution in [0.25, 0.3) is 0 Å². The smallest absolute Gasteiger partial charge is 0.313 e. The highest BCUT2D eigenvalue weighted by atomic mass is 32.1. The molecule has 0 atom stereocenters. The van der Waals surface area contributed by atoms with Gasteiger partial charge in [-0.3, -0.25) is 9.59 Å². The van der Waals surface area contributed by atoms with Gasteiger partial charge in [0.25, 0.3) is 0 Å². The van der Waals surface area contributed by atoms with Gasteiger partial charge in [0.2, 0.25) is 0 Å². The molecule has 0 bridgehead atoms. The van der Waals surface area contributed by atoms with Crippen molar-refractivity contribution in [1.82, 2.24) is 0 Å². The number of ether oxygens (including phenoxy) is 1. The van der Waals surface area contributed by atoms with Crippen LogP contribution in [0.15, 0.2) is 0 Å². The highest BCUT2D eigenvalue weighted by molar-refractivity contribution is 7.81. The van der Waals surface area contributed by atoms with E-state index in [0.717, 1.165) is 0 Å². The SMILES string of the molecule is C1CC1OC1CC1.O=C(O)CS.O=C(O)CS.OCCO. The largest absolute Gasteiger partial charge is 0.481 e. The highest BCUT2D eigenvalue weighted by Crippen LogP contribution is 2.33. The van der Waals surface area contributed by atoms with Crippen molar-refractivity contribution in [3.8, 4) is 0 Å². The topological polar surface area (TPSA) is 124 Å². The van der Waals surface area contributed by atoms with Gasteiger partial charge < -0.3 is 25.2 Å². The number of aliphatic carboxylic acids is 2. The minimum absolute atomic E-state index is 0.0833. The summed E-state index contributed by atoms with van der Waals surface area (Å²) in [6.45, 7) is -0.250. The van der Waals surface area contributed by atoms with Gasteiger partial charge in [-0.1, -0.05) is 0 Å². The van der Waals surface area contributed by atoms with Gasteiger partial charge in [0.15, 0.2) is 0 Å². The van der Waals surface area contributed by atoms with Crippen LogP contribution in [-0.2, 0) is 14.3 Å². The molecule has 21 heavy (non-hydrogen) atoms. The number of hydrogen-bond acceptors (Lipinski definition) is 7. The summed E-state index contributed by atoms with van der Waals surface area (Å²) in [5, 5.41) is 30.5. The Labute approximate surface area is 135 Å². The van der Waals surface area contributed by atoms with Crippen LogP contribution >= 0.6 is 25.3 Å². The van der Waals surface area contributed by atoms with E-state index in [1.807, 2.05) is 0 Å². The Kier molecular flexibility index (Phi) is 17.3. The van der Waals surface area contributed by atoms with Crippen LogP contribution in [0.1, 0.15) is 25.7 Å². The van der Waals surface area contributed by atoms with E-state index in [4.69, 9.17) is 25.2 Å². The first-order valence-corrected chi connectivity index (χ1v) is 7.70. The Bertz CT molecular complexity index is 242. The molecule has 0 heterocycles. The average Bonchev–Trinajstić information content (AvgIpc) is 3.38. The van der Waals surface area contributed by atoms with E-state index in [0.29, 0.717) is 12.2 Å². The molecule has 0 unspecified atom stereocenters. The predicted octanol–water partition coefficient (Wildman–Crippen LogP) is 0.300. The zero-order chi connectivity index (χ0) is 16.7. The maximum atomic E-state index is 9.29. The average molecular weight is 344 g/mol. The molecule has 0 spiro atoms. The molecule has 2 saturated carbocycles. The van der Waals surface area contributed by atoms with Crippen molar-refractivity contribution in [2.75, 3.05) is 24.7 Å². The third-order valence-electron chi connectivity index (χ3n) is 1.80. The van der Waals surface area contributed by atoms with Gasteiger partial charge in [-0.15, -0.1) is 0 Å². The van der Waals surface area contributed by atoms with Crippen molar-refractivity contribution >= 4 is 37.2 Å². The molecule has 2 rings (SSSR count). The minimum Gasteiger partial charge on any atom is -0.481 e. The molecular formula is C12H24O7S2. The van der Waals surface area contributed by atoms with Gasteiger partial charge in [0, 0.05) is 0 Å². The van der Waals surface area contributed by atoms with Crippen LogP contribution in [0.4, 0.5) is 0 Å². The summed E-state index contributed by atoms with van der Waals surface area (Å²) in [7, 11) is 0. The molecule has 0 aromatic heterocycles. The molecule has 0 aromatic carbocycles. The maximum absolute atomic E-state index is 9.29. The summed E-state index contributed by atoms with van der Waals surface area (Å²) in [6.07, 6.45) is 6.69. The summed E-state index contributed by atoms with van der Waals surface area (Å²) < 4.78 is 5.47. The van der Waals surface area contributed by atoms with E-state index < -0.39 is 11.9 Å². The van der Waals surface area contributed by atoms with Gasteiger partial charge in [-0.25, -0.2) is 0 Å². The second kappa shape index (κ2) is 15.9. The lowest BCUT2D eigenvalue weighted by molar-refractivity contribution is -0.134. The van der Waals surface area contributed by atoms with Crippen LogP contribution in [0, 0.1) is 0 Å². The third-order valence-corrected chi connectivity index (χ3v) is 2.35. The maximum Gasteiger partial charge on any atom is 0.313 e. The standard InChI is InChI=1S/C6H10O.2C2H4O2S.C2H6O2/c1-2-5(1)7-6-3-4-6;2*3-2(4)1-5;3-1-2-4/h5-6H,1-4H2;2*5H,1H2,(H,3,4);3-4H,1-2H2. The summed E-state index contributed by atoms with van der Waals surface area (Å²) in [5.41, 5.74) is 0. The van der Waals surface area contributed by atoms with Gasteiger partial charge in [-0.05, 0) is 25.7 Å². The fourth-order valence-corrected chi connectivity index (χ4v) is 0.680. The van der Waals surface area contributed by atoms with E-state index in [9.17, 15) is 9.59 Å². The third kappa shape index (κ3) is 28.4. The Morgan fingerprint density at radius 2 is 1.10 bits per heavy atom. The van der Waals surface area contributed by atoms with Crippen molar-refractivity contribution in [1.29, 1.82) is 0 Å². The van der Waals surface area contributed by atoms with Crippen LogP contribution in [0.2, 0.25) is 0 Å². The molecule has 0 saturated heterocycles. The number of carboxylic acid groups (broad SMARTS) is 2. The molecule has 2 fully saturated rings. The monoisotopic (exact) mass is 344 g/mol. The Morgan fingerprint density at radius 3 is 1.19 bits per heavy atom. The van der Waals surface area contributed by atoms with Crippen molar-refractivity contribution in [3.05, 3.63) is 0 Å². The summed E-state index contributed by atoms with van der Waals surface area (Å²) in [5.74, 6) is -1.93. The lowest BCUT2D eigenvalue weighted by Gasteiger charge is -1.92. The summed E-state index contributed by atoms with van der Waals surface area (Å²) in [6, 6.07) is 0. The normalized spacial score (nSPS) is 15.2. The molecule has 7 nitrogen and oxygen atoms in total. The lowest BCUT2D eigenvalue weighted by Crippen LogP contribution is -1.93. The summed E-state index contributed by atoms with van der Waals surface area (Å²) in [4.78, 5) is 18.6. The molecule has 0 aliphatic heterocycles. The quantitative estimate of drug-likeness (QED) is 0.396. The van der Waals surface area contributed by atoms with Gasteiger partial charge in [-0.2, -0.15) is 25.3 Å². The zero-order valence-corrected chi connectivity index (χ0v) is 13.5. The molecule has 0 aromatic rings. The van der Waals surface area contributed by atoms with E-state index in [2.05, 4.69) is 25.3 Å². The van der Waals surface area contributed by atoms with Crippen molar-refractivity contribution in [3.63, 3.8) is 0 Å². The zero-order valence-electron chi connectivity index (χ0n) is 11.7. The predicted molar refractivity (Wildman–Crippen MR) is 84.3 cm³/mol. The Balaban J connectivity index is 0. The molecule has 0 amide bonds. The summed E-state index contributed by atoms with van der Waals surface area (Å²) >= 11 is 6.83. The van der Waals surface area contributed by atoms with Crippen molar-refractivity contribution in [2.24, 2.45) is 0 Å². The molecule has 2 aliphatic carbocycles. The second-order valence-corrected chi connectivity index (χ2v) is 4.72. The lowest BCUT2D eigenvalue weighted by atomic mass is 10.7. The van der Waals surface area contributed by atoms with Crippen LogP contribution in [-0.4, -0.2) is 69.3 Å². The fourth-order valence-electron chi connectivity index (χ4n) is 0.680. The van der Waals surface area contributed by atoms with Crippen molar-refractivity contribution < 1.29 is 34.8 Å². The van der Waals surface area contributed by atoms with Crippen LogP contribution in [0.5, 0.6) is 0 Å². The molecule has 0 radical (unpaired) electrons. The molecule has 9 heteroatoms. The fraction of sp³-hybridized carbons (Fsp3) is 0.833. The Morgan fingerprint density at radius 1 is 0.857 bits per heavy atom. The number of carboxylic acids is 2. The van der Waals surface area contributed by atoms with E-state index in [1.54, 1.807) is 0 Å². The highest BCUT2D eigenvalue weighted by Gasteiger charge is 2.31. The first kappa shape index (κ1) is 22.8.